The SMILES string of the molecule is COC(C)(C)c1noc([C@@H](N)Cc2cnc[nH]2)n1. The lowest BCUT2D eigenvalue weighted by molar-refractivity contribution is 0.00973. The van der Waals surface area contributed by atoms with Crippen molar-refractivity contribution in [3.63, 3.8) is 0 Å². The van der Waals surface area contributed by atoms with Crippen molar-refractivity contribution in [1.82, 2.24) is 20.1 Å². The van der Waals surface area contributed by atoms with Gasteiger partial charge in [0.1, 0.15) is 5.60 Å². The van der Waals surface area contributed by atoms with Crippen molar-refractivity contribution in [3.05, 3.63) is 29.9 Å². The number of nitrogens with zero attached hydrogens (tertiary/aromatic N) is 3. The average Bonchev–Trinajstić information content (AvgIpc) is 2.99. The van der Waals surface area contributed by atoms with Gasteiger partial charge in [-0.15, -0.1) is 0 Å². The molecule has 2 rings (SSSR count). The number of rotatable bonds is 5. The first-order valence-electron chi connectivity index (χ1n) is 5.65. The number of aromatic nitrogens is 4. The molecule has 0 saturated heterocycles. The van der Waals surface area contributed by atoms with Gasteiger partial charge >= 0.3 is 0 Å². The van der Waals surface area contributed by atoms with E-state index in [1.165, 1.54) is 0 Å². The Morgan fingerprint density at radius 1 is 1.56 bits per heavy atom. The Morgan fingerprint density at radius 3 is 2.94 bits per heavy atom. The highest BCUT2D eigenvalue weighted by molar-refractivity contribution is 5.04. The second-order valence-corrected chi connectivity index (χ2v) is 4.56. The highest BCUT2D eigenvalue weighted by atomic mass is 16.5. The molecule has 0 aromatic carbocycles. The number of hydrogen-bond donors (Lipinski definition) is 2. The molecule has 0 spiro atoms. The Balaban J connectivity index is 2.10. The Hall–Kier alpha value is -1.73. The Kier molecular flexibility index (Phi) is 3.44. The first kappa shape index (κ1) is 12.7. The lowest BCUT2D eigenvalue weighted by atomic mass is 10.1. The molecule has 7 heteroatoms. The number of hydrogen-bond acceptors (Lipinski definition) is 6. The molecular weight excluding hydrogens is 234 g/mol. The van der Waals surface area contributed by atoms with E-state index in [9.17, 15) is 0 Å². The zero-order valence-corrected chi connectivity index (χ0v) is 10.7. The van der Waals surface area contributed by atoms with Crippen LogP contribution >= 0.6 is 0 Å². The van der Waals surface area contributed by atoms with Gasteiger partial charge in [-0.3, -0.25) is 0 Å². The third-order valence-electron chi connectivity index (χ3n) is 2.80. The van der Waals surface area contributed by atoms with Crippen LogP contribution in [-0.2, 0) is 16.8 Å². The minimum atomic E-state index is -0.588. The van der Waals surface area contributed by atoms with Crippen molar-refractivity contribution in [2.45, 2.75) is 31.9 Å². The summed E-state index contributed by atoms with van der Waals surface area (Å²) in [5.41, 5.74) is 6.34. The van der Waals surface area contributed by atoms with Gasteiger partial charge in [0.15, 0.2) is 0 Å². The highest BCUT2D eigenvalue weighted by Crippen LogP contribution is 2.22. The van der Waals surface area contributed by atoms with Crippen LogP contribution in [0.3, 0.4) is 0 Å². The molecule has 3 N–H and O–H groups in total. The Labute approximate surface area is 105 Å². The van der Waals surface area contributed by atoms with E-state index in [0.29, 0.717) is 18.1 Å². The molecule has 1 atom stereocenters. The largest absolute Gasteiger partial charge is 0.371 e. The maximum atomic E-state index is 6.00. The standard InChI is InChI=1S/C11H17N5O2/c1-11(2,17-3)10-15-9(18-16-10)8(12)4-7-5-13-6-14-7/h5-6,8H,4,12H2,1-3H3,(H,13,14)/t8-/m0/s1. The zero-order chi connectivity index (χ0) is 13.2. The molecule has 0 amide bonds. The Bertz CT molecular complexity index is 491. The monoisotopic (exact) mass is 251 g/mol. The van der Waals surface area contributed by atoms with Crippen molar-refractivity contribution < 1.29 is 9.26 Å². The molecule has 18 heavy (non-hydrogen) atoms. The van der Waals surface area contributed by atoms with E-state index in [1.54, 1.807) is 19.6 Å². The van der Waals surface area contributed by atoms with E-state index < -0.39 is 5.60 Å². The van der Waals surface area contributed by atoms with E-state index in [2.05, 4.69) is 20.1 Å². The number of imidazole rings is 1. The lowest BCUT2D eigenvalue weighted by Gasteiger charge is -2.17. The molecule has 0 aliphatic carbocycles. The number of aromatic amines is 1. The molecule has 0 radical (unpaired) electrons. The van der Waals surface area contributed by atoms with Crippen molar-refractivity contribution >= 4 is 0 Å². The van der Waals surface area contributed by atoms with Crippen LogP contribution in [-0.4, -0.2) is 27.2 Å². The topological polar surface area (TPSA) is 103 Å². The lowest BCUT2D eigenvalue weighted by Crippen LogP contribution is -2.22. The number of ether oxygens (including phenoxy) is 1. The van der Waals surface area contributed by atoms with Crippen molar-refractivity contribution in [1.29, 1.82) is 0 Å². The summed E-state index contributed by atoms with van der Waals surface area (Å²) in [5.74, 6) is 0.879. The third kappa shape index (κ3) is 2.57. The summed E-state index contributed by atoms with van der Waals surface area (Å²) in [4.78, 5) is 11.2. The maximum absolute atomic E-state index is 6.00. The van der Waals surface area contributed by atoms with Crippen LogP contribution in [0.25, 0.3) is 0 Å². The molecule has 2 aromatic heterocycles. The predicted molar refractivity (Wildman–Crippen MR) is 63.6 cm³/mol. The molecule has 0 bridgehead atoms. The van der Waals surface area contributed by atoms with E-state index >= 15 is 0 Å². The number of nitrogens with two attached hydrogens (primary N) is 1. The molecule has 0 unspecified atom stereocenters. The number of H-pyrrole nitrogens is 1. The summed E-state index contributed by atoms with van der Waals surface area (Å²) in [6.07, 6.45) is 3.89. The summed E-state index contributed by atoms with van der Waals surface area (Å²) >= 11 is 0. The predicted octanol–water partition coefficient (Wildman–Crippen LogP) is 0.917. The van der Waals surface area contributed by atoms with E-state index in [1.807, 2.05) is 13.8 Å². The van der Waals surface area contributed by atoms with Crippen molar-refractivity contribution in [3.8, 4) is 0 Å². The third-order valence-corrected chi connectivity index (χ3v) is 2.80. The van der Waals surface area contributed by atoms with Crippen LogP contribution in [0.1, 0.15) is 37.3 Å². The van der Waals surface area contributed by atoms with Crippen LogP contribution in [0.15, 0.2) is 17.0 Å². The molecule has 0 saturated carbocycles. The second-order valence-electron chi connectivity index (χ2n) is 4.56. The molecule has 0 aliphatic heterocycles. The fraction of sp³-hybridized carbons (Fsp3) is 0.545. The van der Waals surface area contributed by atoms with Crippen molar-refractivity contribution in [2.75, 3.05) is 7.11 Å². The van der Waals surface area contributed by atoms with Gasteiger partial charge in [0, 0.05) is 25.4 Å². The minimum absolute atomic E-state index is 0.362. The van der Waals surface area contributed by atoms with E-state index in [0.717, 1.165) is 5.69 Å². The molecule has 0 aliphatic rings. The van der Waals surface area contributed by atoms with Crippen molar-refractivity contribution in [2.24, 2.45) is 5.73 Å². The highest BCUT2D eigenvalue weighted by Gasteiger charge is 2.27. The molecule has 2 aromatic rings. The molecule has 0 fully saturated rings. The summed E-state index contributed by atoms with van der Waals surface area (Å²) in [5, 5.41) is 3.89. The van der Waals surface area contributed by atoms with Gasteiger partial charge in [-0.05, 0) is 13.8 Å². The van der Waals surface area contributed by atoms with Gasteiger partial charge in [-0.25, -0.2) is 4.98 Å². The van der Waals surface area contributed by atoms with Gasteiger partial charge in [-0.2, -0.15) is 4.98 Å². The second kappa shape index (κ2) is 4.87. The summed E-state index contributed by atoms with van der Waals surface area (Å²) < 4.78 is 10.4. The summed E-state index contributed by atoms with van der Waals surface area (Å²) in [7, 11) is 1.60. The number of methoxy groups -OCH3 is 1. The van der Waals surface area contributed by atoms with Crippen LogP contribution in [0, 0.1) is 0 Å². The first-order chi connectivity index (χ1) is 8.53. The van der Waals surface area contributed by atoms with Gasteiger partial charge in [0.05, 0.1) is 12.4 Å². The van der Waals surface area contributed by atoms with E-state index in [4.69, 9.17) is 15.0 Å². The van der Waals surface area contributed by atoms with Crippen LogP contribution in [0.2, 0.25) is 0 Å². The molecular formula is C11H17N5O2. The average molecular weight is 251 g/mol. The zero-order valence-electron chi connectivity index (χ0n) is 10.7. The smallest absolute Gasteiger partial charge is 0.244 e. The normalized spacial score (nSPS) is 13.8. The maximum Gasteiger partial charge on any atom is 0.244 e. The first-order valence-corrected chi connectivity index (χ1v) is 5.65. The van der Waals surface area contributed by atoms with Crippen LogP contribution in [0.5, 0.6) is 0 Å². The van der Waals surface area contributed by atoms with Crippen LogP contribution in [0.4, 0.5) is 0 Å². The van der Waals surface area contributed by atoms with Gasteiger partial charge in [-0.1, -0.05) is 5.16 Å². The van der Waals surface area contributed by atoms with E-state index in [-0.39, 0.29) is 6.04 Å². The van der Waals surface area contributed by atoms with Crippen LogP contribution < -0.4 is 5.73 Å². The Morgan fingerprint density at radius 2 is 2.33 bits per heavy atom. The number of nitrogens with one attached hydrogen (secondary N) is 1. The minimum Gasteiger partial charge on any atom is -0.371 e. The molecule has 7 nitrogen and oxygen atoms in total. The fourth-order valence-electron chi connectivity index (χ4n) is 1.44. The fourth-order valence-corrected chi connectivity index (χ4v) is 1.44. The summed E-state index contributed by atoms with van der Waals surface area (Å²) in [6, 6.07) is -0.362. The molecule has 2 heterocycles. The van der Waals surface area contributed by atoms with Gasteiger partial charge < -0.3 is 20.0 Å². The summed E-state index contributed by atoms with van der Waals surface area (Å²) in [6.45, 7) is 3.73. The molecule has 98 valence electrons. The quantitative estimate of drug-likeness (QED) is 0.819. The van der Waals surface area contributed by atoms with Gasteiger partial charge in [0.2, 0.25) is 11.7 Å². The van der Waals surface area contributed by atoms with Gasteiger partial charge in [0.25, 0.3) is 0 Å².